The van der Waals surface area contributed by atoms with Crippen molar-refractivity contribution in [1.82, 2.24) is 19.1 Å². The van der Waals surface area contributed by atoms with Gasteiger partial charge in [0.05, 0.1) is 15.8 Å². The summed E-state index contributed by atoms with van der Waals surface area (Å²) in [6, 6.07) is 5.72. The van der Waals surface area contributed by atoms with Crippen LogP contribution in [-0.4, -0.2) is 29.8 Å². The second-order valence-electron chi connectivity index (χ2n) is 7.06. The molecule has 172 valence electrons. The van der Waals surface area contributed by atoms with E-state index in [1.165, 1.54) is 43.2 Å². The molecule has 0 spiro atoms. The second-order valence-corrected chi connectivity index (χ2v) is 11.4. The highest BCUT2D eigenvalue weighted by Crippen LogP contribution is 3.02. The maximum atomic E-state index is 13.1. The average molecular weight is 494 g/mol. The van der Waals surface area contributed by atoms with Crippen LogP contribution in [0.3, 0.4) is 0 Å². The van der Waals surface area contributed by atoms with Crippen LogP contribution in [0.2, 0.25) is 0 Å². The Labute approximate surface area is 177 Å². The first kappa shape index (κ1) is 22.2. The molecule has 0 aliphatic heterocycles. The quantitative estimate of drug-likeness (QED) is 0.425. The molecule has 2 heterocycles. The van der Waals surface area contributed by atoms with Gasteiger partial charge in [0.15, 0.2) is 0 Å². The minimum absolute atomic E-state index is 0.0656. The molecule has 0 bridgehead atoms. The minimum atomic E-state index is -9.89. The number of benzene rings is 2. The molecule has 7 nitrogen and oxygen atoms in total. The summed E-state index contributed by atoms with van der Waals surface area (Å²) in [5.41, 5.74) is -0.456. The van der Waals surface area contributed by atoms with Crippen molar-refractivity contribution in [3.63, 3.8) is 0 Å². The number of hydrogen-bond donors (Lipinski definition) is 1. The van der Waals surface area contributed by atoms with Crippen LogP contribution in [0.4, 0.5) is 19.4 Å². The molecule has 0 fully saturated rings. The molecule has 0 saturated carbocycles. The zero-order chi connectivity index (χ0) is 23.8. The van der Waals surface area contributed by atoms with Crippen LogP contribution in [-0.2, 0) is 17.1 Å². The van der Waals surface area contributed by atoms with Gasteiger partial charge in [0.25, 0.3) is 5.56 Å². The number of fused-ring (bicyclic) bond motifs is 3. The van der Waals surface area contributed by atoms with Gasteiger partial charge in [-0.2, -0.15) is 5.10 Å². The Bertz CT molecular complexity index is 1580. The molecule has 1 N–H and O–H groups in total. The number of sulfonamides is 1. The van der Waals surface area contributed by atoms with Crippen molar-refractivity contribution in [2.24, 2.45) is 7.05 Å². The number of nitrogens with zero attached hydrogens (tertiary/aromatic N) is 3. The molecule has 0 atom stereocenters. The van der Waals surface area contributed by atoms with Gasteiger partial charge in [-0.25, -0.2) is 13.1 Å². The fourth-order valence-electron chi connectivity index (χ4n) is 3.37. The Balaban J connectivity index is 2.08. The van der Waals surface area contributed by atoms with Crippen molar-refractivity contribution in [3.05, 3.63) is 59.0 Å². The number of nitrogens with one attached hydrogen (secondary N) is 1. The number of pyridine rings is 1. The summed E-state index contributed by atoms with van der Waals surface area (Å²) in [6.07, 6.45) is 1.37. The van der Waals surface area contributed by atoms with E-state index in [4.69, 9.17) is 0 Å². The van der Waals surface area contributed by atoms with Crippen LogP contribution in [0.5, 0.6) is 0 Å². The molecule has 0 amide bonds. The van der Waals surface area contributed by atoms with E-state index in [2.05, 4.69) is 9.82 Å². The molecule has 2 aromatic carbocycles. The Morgan fingerprint density at radius 2 is 1.59 bits per heavy atom. The molecule has 32 heavy (non-hydrogen) atoms. The van der Waals surface area contributed by atoms with Crippen LogP contribution in [0, 0.1) is 0 Å². The fourth-order valence-corrected chi connectivity index (χ4v) is 4.77. The Hall–Kier alpha value is -2.97. The summed E-state index contributed by atoms with van der Waals surface area (Å²) >= 11 is 0. The Kier molecular flexibility index (Phi) is 4.23. The van der Waals surface area contributed by atoms with Gasteiger partial charge >= 0.3 is 10.2 Å². The van der Waals surface area contributed by atoms with E-state index in [0.717, 1.165) is 16.7 Å². The summed E-state index contributed by atoms with van der Waals surface area (Å²) < 4.78 is 94.3. The molecule has 4 rings (SSSR count). The van der Waals surface area contributed by atoms with Crippen molar-refractivity contribution >= 4 is 42.1 Å². The third-order valence-corrected chi connectivity index (χ3v) is 7.42. The van der Waals surface area contributed by atoms with Gasteiger partial charge in [-0.1, -0.05) is 19.4 Å². The number of halogens is 5. The molecular weight excluding hydrogens is 479 g/mol. The van der Waals surface area contributed by atoms with Gasteiger partial charge < -0.3 is 0 Å². The van der Waals surface area contributed by atoms with Gasteiger partial charge in [0, 0.05) is 24.3 Å². The van der Waals surface area contributed by atoms with E-state index in [-0.39, 0.29) is 44.5 Å². The molecule has 0 aliphatic rings. The van der Waals surface area contributed by atoms with E-state index in [1.54, 1.807) is 0 Å². The van der Waals surface area contributed by atoms with E-state index >= 15 is 0 Å². The largest absolute Gasteiger partial charge is 0.310 e. The van der Waals surface area contributed by atoms with Crippen molar-refractivity contribution in [2.45, 2.75) is 9.79 Å². The molecular formula is C18H15F5N4O3S2. The van der Waals surface area contributed by atoms with E-state index in [0.29, 0.717) is 0 Å². The second kappa shape index (κ2) is 6.08. The molecule has 0 aliphatic carbocycles. The van der Waals surface area contributed by atoms with E-state index in [1.807, 2.05) is 0 Å². The van der Waals surface area contributed by atoms with E-state index < -0.39 is 30.7 Å². The highest BCUT2D eigenvalue weighted by Gasteiger charge is 2.65. The maximum Gasteiger partial charge on any atom is 0.310 e. The summed E-state index contributed by atoms with van der Waals surface area (Å²) in [7, 11) is -11.0. The third-order valence-electron chi connectivity index (χ3n) is 4.85. The van der Waals surface area contributed by atoms with Gasteiger partial charge in [-0.05, 0) is 49.5 Å². The smallest absolute Gasteiger partial charge is 0.276 e. The lowest BCUT2D eigenvalue weighted by molar-refractivity contribution is 0.364. The molecule has 2 aromatic heterocycles. The van der Waals surface area contributed by atoms with Crippen LogP contribution < -0.4 is 10.3 Å². The number of hydrogen-bond acceptors (Lipinski definition) is 4. The minimum Gasteiger partial charge on any atom is -0.276 e. The zero-order valence-electron chi connectivity index (χ0n) is 16.4. The van der Waals surface area contributed by atoms with Crippen LogP contribution in [0.25, 0.3) is 27.5 Å². The number of rotatable bonds is 4. The standard InChI is InChI=1S/C18H15F5N4O3S2/c1-24-31(29,30)12-5-8-16-14(9-12)17-15(10-26(2)25-17)18(28)27(16)11-3-6-13(7-4-11)32(19,20,21,22)23/h3-10,24H,1-2H3. The SMILES string of the molecule is CNS(=O)(=O)c1ccc2c(c1)c1nn(C)cc1c(=O)n2-c1ccc(S(F)(F)(F)(F)F)cc1. The van der Waals surface area contributed by atoms with Crippen LogP contribution >= 0.6 is 10.2 Å². The molecule has 14 heteroatoms. The summed E-state index contributed by atoms with van der Waals surface area (Å²) in [5.74, 6) is 0. The Morgan fingerprint density at radius 1 is 0.969 bits per heavy atom. The maximum absolute atomic E-state index is 13.1. The normalized spacial score (nSPS) is 15.1. The van der Waals surface area contributed by atoms with Gasteiger partial charge in [-0.3, -0.25) is 14.0 Å². The summed E-state index contributed by atoms with van der Waals surface area (Å²) in [5, 5.41) is 4.49. The van der Waals surface area contributed by atoms with Crippen molar-refractivity contribution in [3.8, 4) is 5.69 Å². The first-order valence-electron chi connectivity index (χ1n) is 8.82. The predicted octanol–water partition coefficient (Wildman–Crippen LogP) is 4.44. The number of aryl methyl sites for hydroxylation is 1. The Morgan fingerprint density at radius 3 is 2.16 bits per heavy atom. The highest BCUT2D eigenvalue weighted by atomic mass is 32.5. The van der Waals surface area contributed by atoms with Gasteiger partial charge in [0.1, 0.15) is 10.4 Å². The monoisotopic (exact) mass is 494 g/mol. The lowest BCUT2D eigenvalue weighted by Crippen LogP contribution is -2.20. The lowest BCUT2D eigenvalue weighted by atomic mass is 10.1. The molecule has 0 saturated heterocycles. The van der Waals surface area contributed by atoms with Gasteiger partial charge in [0.2, 0.25) is 10.0 Å². The first-order chi connectivity index (χ1) is 14.5. The van der Waals surface area contributed by atoms with Crippen LogP contribution in [0.15, 0.2) is 63.2 Å². The van der Waals surface area contributed by atoms with Gasteiger partial charge in [-0.15, -0.1) is 0 Å². The molecule has 0 unspecified atom stereocenters. The zero-order valence-corrected chi connectivity index (χ0v) is 18.0. The lowest BCUT2D eigenvalue weighted by Gasteiger charge is -2.40. The predicted molar refractivity (Wildman–Crippen MR) is 111 cm³/mol. The highest BCUT2D eigenvalue weighted by molar-refractivity contribution is 8.45. The molecule has 0 radical (unpaired) electrons. The van der Waals surface area contributed by atoms with Crippen LogP contribution in [0.1, 0.15) is 0 Å². The van der Waals surface area contributed by atoms with Crippen molar-refractivity contribution in [2.75, 3.05) is 7.05 Å². The van der Waals surface area contributed by atoms with Crippen molar-refractivity contribution < 1.29 is 27.8 Å². The third kappa shape index (κ3) is 3.63. The summed E-state index contributed by atoms with van der Waals surface area (Å²) in [6.45, 7) is 0. The topological polar surface area (TPSA) is 86.0 Å². The fraction of sp³-hybridized carbons (Fsp3) is 0.111. The number of aromatic nitrogens is 3. The first-order valence-corrected chi connectivity index (χ1v) is 12.3. The average Bonchev–Trinajstić information content (AvgIpc) is 3.09. The van der Waals surface area contributed by atoms with Crippen molar-refractivity contribution in [1.29, 1.82) is 0 Å². The summed E-state index contributed by atoms with van der Waals surface area (Å²) in [4.78, 5) is 10.9. The molecule has 4 aromatic rings. The van der Waals surface area contributed by atoms with E-state index in [9.17, 15) is 32.6 Å².